The molecule has 4 heteroatoms. The average molecular weight is 367 g/mol. The molecular weight excluding hydrogens is 336 g/mol. The van der Waals surface area contributed by atoms with Gasteiger partial charge in [0.1, 0.15) is 11.4 Å². The van der Waals surface area contributed by atoms with E-state index in [4.69, 9.17) is 4.74 Å². The van der Waals surface area contributed by atoms with Crippen LogP contribution in [0.1, 0.15) is 38.7 Å². The first-order valence-corrected chi connectivity index (χ1v) is 9.98. The summed E-state index contributed by atoms with van der Waals surface area (Å²) in [5, 5.41) is 2.88. The molecule has 2 aromatic rings. The van der Waals surface area contributed by atoms with Crippen molar-refractivity contribution in [2.75, 3.05) is 25.0 Å². The summed E-state index contributed by atoms with van der Waals surface area (Å²) in [5.74, 6) is 0.890. The first kappa shape index (κ1) is 19.4. The van der Waals surface area contributed by atoms with Crippen LogP contribution in [-0.2, 0) is 11.2 Å². The number of nitrogens with zero attached hydrogens (tertiary/aromatic N) is 1. The van der Waals surface area contributed by atoms with Crippen LogP contribution in [0, 0.1) is 0 Å². The quantitative estimate of drug-likeness (QED) is 0.784. The van der Waals surface area contributed by atoms with Crippen molar-refractivity contribution >= 4 is 11.6 Å². The van der Waals surface area contributed by atoms with Gasteiger partial charge < -0.3 is 15.0 Å². The molecule has 2 aromatic carbocycles. The smallest absolute Gasteiger partial charge is 0.224 e. The van der Waals surface area contributed by atoms with Crippen molar-refractivity contribution in [3.05, 3.63) is 60.2 Å². The van der Waals surface area contributed by atoms with Gasteiger partial charge >= 0.3 is 0 Å². The highest BCUT2D eigenvalue weighted by atomic mass is 16.5. The molecule has 0 aromatic heterocycles. The third-order valence-electron chi connectivity index (χ3n) is 5.38. The molecule has 27 heavy (non-hydrogen) atoms. The van der Waals surface area contributed by atoms with Crippen LogP contribution >= 0.6 is 0 Å². The molecule has 0 bridgehead atoms. The maximum absolute atomic E-state index is 11.5. The minimum absolute atomic E-state index is 0.0242. The van der Waals surface area contributed by atoms with Crippen LogP contribution in [0.3, 0.4) is 0 Å². The van der Waals surface area contributed by atoms with E-state index >= 15 is 0 Å². The number of likely N-dealkylation sites (tertiary alicyclic amines) is 1. The molecule has 0 unspecified atom stereocenters. The van der Waals surface area contributed by atoms with Gasteiger partial charge in [0.15, 0.2) is 0 Å². The van der Waals surface area contributed by atoms with Crippen LogP contribution < -0.4 is 10.1 Å². The fraction of sp³-hybridized carbons (Fsp3) is 0.435. The second kappa shape index (κ2) is 9.05. The van der Waals surface area contributed by atoms with Crippen LogP contribution in [0.15, 0.2) is 54.6 Å². The Hall–Kier alpha value is -2.33. The van der Waals surface area contributed by atoms with E-state index in [1.54, 1.807) is 0 Å². The van der Waals surface area contributed by atoms with Gasteiger partial charge in [-0.25, -0.2) is 0 Å². The predicted octanol–water partition coefficient (Wildman–Crippen LogP) is 4.51. The summed E-state index contributed by atoms with van der Waals surface area (Å²) < 4.78 is 6.59. The number of hydrogen-bond donors (Lipinski definition) is 1. The van der Waals surface area contributed by atoms with Crippen LogP contribution in [0.5, 0.6) is 5.75 Å². The number of carbonyl (C=O) groups is 1. The van der Waals surface area contributed by atoms with Crippen molar-refractivity contribution in [1.82, 2.24) is 4.90 Å². The third-order valence-corrected chi connectivity index (χ3v) is 5.38. The summed E-state index contributed by atoms with van der Waals surface area (Å²) in [7, 11) is 0. The molecule has 0 aliphatic carbocycles. The number of piperidine rings is 1. The van der Waals surface area contributed by atoms with E-state index in [2.05, 4.69) is 47.5 Å². The highest BCUT2D eigenvalue weighted by Crippen LogP contribution is 2.32. The van der Waals surface area contributed by atoms with Crippen LogP contribution in [0.2, 0.25) is 0 Å². The van der Waals surface area contributed by atoms with E-state index in [1.807, 2.05) is 31.2 Å². The maximum Gasteiger partial charge on any atom is 0.224 e. The molecule has 1 fully saturated rings. The van der Waals surface area contributed by atoms with Gasteiger partial charge in [-0.3, -0.25) is 4.79 Å². The Morgan fingerprint density at radius 3 is 2.30 bits per heavy atom. The molecule has 3 rings (SSSR count). The predicted molar refractivity (Wildman–Crippen MR) is 110 cm³/mol. The number of amides is 1. The van der Waals surface area contributed by atoms with E-state index in [0.717, 1.165) is 50.3 Å². The summed E-state index contributed by atoms with van der Waals surface area (Å²) in [6.07, 6.45) is 3.43. The highest BCUT2D eigenvalue weighted by Gasteiger charge is 2.36. The number of benzene rings is 2. The zero-order valence-electron chi connectivity index (χ0n) is 16.4. The molecule has 1 amide bonds. The first-order chi connectivity index (χ1) is 13.1. The second-order valence-corrected chi connectivity index (χ2v) is 7.31. The summed E-state index contributed by atoms with van der Waals surface area (Å²) in [5.41, 5.74) is 1.95. The minimum atomic E-state index is -0.179. The van der Waals surface area contributed by atoms with Crippen molar-refractivity contribution in [3.8, 4) is 5.75 Å². The standard InChI is InChI=1S/C23H30N2O2/c1-3-22(26)24-20-10-12-21(13-11-20)27-23(14-16-25(4-2)17-15-23)18-19-8-6-5-7-9-19/h5-13H,3-4,14-18H2,1-2H3,(H,24,26). The number of rotatable bonds is 7. The zero-order chi connectivity index (χ0) is 19.1. The number of ether oxygens (including phenoxy) is 1. The highest BCUT2D eigenvalue weighted by molar-refractivity contribution is 5.90. The van der Waals surface area contributed by atoms with Crippen molar-refractivity contribution in [2.45, 2.75) is 45.1 Å². The third kappa shape index (κ3) is 5.33. The van der Waals surface area contributed by atoms with Gasteiger partial charge in [-0.1, -0.05) is 44.2 Å². The monoisotopic (exact) mass is 366 g/mol. The van der Waals surface area contributed by atoms with Crippen molar-refractivity contribution < 1.29 is 9.53 Å². The molecule has 1 aliphatic rings. The van der Waals surface area contributed by atoms with Gasteiger partial charge in [-0.15, -0.1) is 0 Å². The summed E-state index contributed by atoms with van der Waals surface area (Å²) in [4.78, 5) is 14.0. The lowest BCUT2D eigenvalue weighted by Crippen LogP contribution is -2.49. The number of hydrogen-bond acceptors (Lipinski definition) is 3. The molecule has 144 valence electrons. The average Bonchev–Trinajstić information content (AvgIpc) is 2.71. The lowest BCUT2D eigenvalue weighted by molar-refractivity contribution is -0.115. The van der Waals surface area contributed by atoms with Crippen LogP contribution in [0.4, 0.5) is 5.69 Å². The Morgan fingerprint density at radius 2 is 1.70 bits per heavy atom. The number of nitrogens with one attached hydrogen (secondary N) is 1. The largest absolute Gasteiger partial charge is 0.487 e. The molecule has 0 spiro atoms. The first-order valence-electron chi connectivity index (χ1n) is 9.98. The molecule has 0 atom stereocenters. The van der Waals surface area contributed by atoms with Gasteiger partial charge in [-0.05, 0) is 36.4 Å². The van der Waals surface area contributed by atoms with Crippen molar-refractivity contribution in [1.29, 1.82) is 0 Å². The summed E-state index contributed by atoms with van der Waals surface area (Å²) in [6.45, 7) is 7.28. The summed E-state index contributed by atoms with van der Waals surface area (Å²) >= 11 is 0. The number of carbonyl (C=O) groups excluding carboxylic acids is 1. The van der Waals surface area contributed by atoms with Gasteiger partial charge in [0.2, 0.25) is 5.91 Å². The van der Waals surface area contributed by atoms with Crippen molar-refractivity contribution in [3.63, 3.8) is 0 Å². The Bertz CT molecular complexity index is 720. The molecule has 1 heterocycles. The molecular formula is C23H30N2O2. The van der Waals surface area contributed by atoms with E-state index in [1.165, 1.54) is 5.56 Å². The van der Waals surface area contributed by atoms with Crippen LogP contribution in [-0.4, -0.2) is 36.0 Å². The van der Waals surface area contributed by atoms with E-state index in [0.29, 0.717) is 6.42 Å². The minimum Gasteiger partial charge on any atom is -0.487 e. The summed E-state index contributed by atoms with van der Waals surface area (Å²) in [6, 6.07) is 18.4. The zero-order valence-corrected chi connectivity index (χ0v) is 16.4. The lowest BCUT2D eigenvalue weighted by Gasteiger charge is -2.42. The molecule has 4 nitrogen and oxygen atoms in total. The fourth-order valence-electron chi connectivity index (χ4n) is 3.67. The lowest BCUT2D eigenvalue weighted by atomic mass is 9.85. The van der Waals surface area contributed by atoms with Gasteiger partial charge in [0.05, 0.1) is 0 Å². The van der Waals surface area contributed by atoms with E-state index in [-0.39, 0.29) is 11.5 Å². The Labute approximate surface area is 162 Å². The number of anilines is 1. The molecule has 0 saturated carbocycles. The molecule has 0 radical (unpaired) electrons. The fourth-order valence-corrected chi connectivity index (χ4v) is 3.67. The maximum atomic E-state index is 11.5. The molecule has 1 N–H and O–H groups in total. The van der Waals surface area contributed by atoms with E-state index < -0.39 is 0 Å². The Balaban J connectivity index is 1.74. The second-order valence-electron chi connectivity index (χ2n) is 7.31. The Morgan fingerprint density at radius 1 is 1.04 bits per heavy atom. The normalized spacial score (nSPS) is 16.7. The van der Waals surface area contributed by atoms with Gasteiger partial charge in [0.25, 0.3) is 0 Å². The van der Waals surface area contributed by atoms with E-state index in [9.17, 15) is 4.79 Å². The Kier molecular flexibility index (Phi) is 6.51. The van der Waals surface area contributed by atoms with Gasteiger partial charge in [-0.2, -0.15) is 0 Å². The molecule has 1 saturated heterocycles. The van der Waals surface area contributed by atoms with Crippen LogP contribution in [0.25, 0.3) is 0 Å². The SMILES string of the molecule is CCC(=O)Nc1ccc(OC2(Cc3ccccc3)CCN(CC)CC2)cc1. The van der Waals surface area contributed by atoms with Crippen molar-refractivity contribution in [2.24, 2.45) is 0 Å². The molecule has 1 aliphatic heterocycles. The topological polar surface area (TPSA) is 41.6 Å². The van der Waals surface area contributed by atoms with Gasteiger partial charge in [0, 0.05) is 44.5 Å².